The molecule has 0 radical (unpaired) electrons. The number of methoxy groups -OCH3 is 2. The molecule has 170 valence electrons. The molecule has 1 aromatic rings. The molecular formula is C19H28F3IN4O3. The van der Waals surface area contributed by atoms with Crippen LogP contribution < -0.4 is 14.8 Å². The van der Waals surface area contributed by atoms with E-state index in [0.717, 1.165) is 19.0 Å². The van der Waals surface area contributed by atoms with Gasteiger partial charge in [-0.3, -0.25) is 9.79 Å². The van der Waals surface area contributed by atoms with Crippen LogP contribution in [0, 0.1) is 0 Å². The summed E-state index contributed by atoms with van der Waals surface area (Å²) in [6.45, 7) is -0.179. The number of likely N-dealkylation sites (tertiary alicyclic amines) is 1. The first-order valence-corrected chi connectivity index (χ1v) is 9.16. The number of hydrogen-bond acceptors (Lipinski definition) is 4. The number of benzene rings is 1. The van der Waals surface area contributed by atoms with Gasteiger partial charge in [0.25, 0.3) is 0 Å². The fraction of sp³-hybridized carbons (Fsp3) is 0.579. The molecule has 1 unspecified atom stereocenters. The highest BCUT2D eigenvalue weighted by Gasteiger charge is 2.31. The van der Waals surface area contributed by atoms with Gasteiger partial charge in [-0.25, -0.2) is 0 Å². The van der Waals surface area contributed by atoms with Crippen molar-refractivity contribution in [1.82, 2.24) is 15.1 Å². The lowest BCUT2D eigenvalue weighted by molar-refractivity contribution is -0.157. The molecule has 1 N–H and O–H groups in total. The lowest BCUT2D eigenvalue weighted by Gasteiger charge is -2.24. The van der Waals surface area contributed by atoms with Crippen LogP contribution in [-0.2, 0) is 4.79 Å². The third kappa shape index (κ3) is 7.40. The molecule has 1 aromatic carbocycles. The predicted octanol–water partition coefficient (Wildman–Crippen LogP) is 2.71. The molecule has 1 heterocycles. The topological polar surface area (TPSA) is 66.4 Å². The summed E-state index contributed by atoms with van der Waals surface area (Å²) < 4.78 is 47.9. The number of nitrogens with zero attached hydrogens (tertiary/aromatic N) is 3. The molecule has 2 rings (SSSR count). The van der Waals surface area contributed by atoms with E-state index in [1.54, 1.807) is 27.3 Å². The quantitative estimate of drug-likeness (QED) is 0.339. The Morgan fingerprint density at radius 3 is 2.37 bits per heavy atom. The molecule has 0 aliphatic carbocycles. The Balaban J connectivity index is 0.00000450. The van der Waals surface area contributed by atoms with Crippen molar-refractivity contribution in [2.75, 3.05) is 54.5 Å². The molecule has 1 atom stereocenters. The van der Waals surface area contributed by atoms with Crippen molar-refractivity contribution in [2.24, 2.45) is 4.99 Å². The normalized spacial score (nSPS) is 16.7. The van der Waals surface area contributed by atoms with Gasteiger partial charge < -0.3 is 24.6 Å². The first-order chi connectivity index (χ1) is 13.7. The summed E-state index contributed by atoms with van der Waals surface area (Å²) in [6.07, 6.45) is -3.56. The summed E-state index contributed by atoms with van der Waals surface area (Å²) >= 11 is 0. The van der Waals surface area contributed by atoms with Gasteiger partial charge in [0.1, 0.15) is 18.0 Å². The van der Waals surface area contributed by atoms with E-state index < -0.39 is 18.6 Å². The number of aliphatic imine (C=N–C) groups is 1. The third-order valence-corrected chi connectivity index (χ3v) is 4.78. The highest BCUT2D eigenvalue weighted by molar-refractivity contribution is 14.0. The Bertz CT molecular complexity index is 724. The van der Waals surface area contributed by atoms with Crippen LogP contribution in [0.4, 0.5) is 13.2 Å². The SMILES string of the molecule is CN=C(NCC(=O)N(C)CC(F)(F)F)N1CCC(c2cc(OC)cc(OC)c2)C1.I. The Hall–Kier alpha value is -1.92. The number of carbonyl (C=O) groups is 1. The molecule has 1 fully saturated rings. The number of nitrogens with one attached hydrogen (secondary N) is 1. The highest BCUT2D eigenvalue weighted by Crippen LogP contribution is 2.32. The van der Waals surface area contributed by atoms with Crippen molar-refractivity contribution in [3.05, 3.63) is 23.8 Å². The van der Waals surface area contributed by atoms with Gasteiger partial charge in [-0.15, -0.1) is 24.0 Å². The summed E-state index contributed by atoms with van der Waals surface area (Å²) in [5, 5.41) is 2.86. The lowest BCUT2D eigenvalue weighted by atomic mass is 9.98. The van der Waals surface area contributed by atoms with E-state index in [4.69, 9.17) is 9.47 Å². The van der Waals surface area contributed by atoms with Gasteiger partial charge in [0, 0.05) is 39.2 Å². The van der Waals surface area contributed by atoms with Crippen molar-refractivity contribution in [1.29, 1.82) is 0 Å². The second-order valence-electron chi connectivity index (χ2n) is 6.84. The summed E-state index contributed by atoms with van der Waals surface area (Å²) in [7, 11) is 5.90. The van der Waals surface area contributed by atoms with Crippen LogP contribution in [0.1, 0.15) is 17.9 Å². The Labute approximate surface area is 191 Å². The van der Waals surface area contributed by atoms with Crippen molar-refractivity contribution in [3.8, 4) is 11.5 Å². The number of halogens is 4. The number of guanidine groups is 1. The minimum Gasteiger partial charge on any atom is -0.497 e. The molecule has 11 heteroatoms. The second kappa shape index (κ2) is 11.5. The monoisotopic (exact) mass is 544 g/mol. The number of ether oxygens (including phenoxy) is 2. The summed E-state index contributed by atoms with van der Waals surface area (Å²) in [6, 6.07) is 5.73. The van der Waals surface area contributed by atoms with E-state index in [0.29, 0.717) is 35.4 Å². The zero-order valence-electron chi connectivity index (χ0n) is 17.5. The molecule has 7 nitrogen and oxygen atoms in total. The van der Waals surface area contributed by atoms with E-state index in [1.807, 2.05) is 17.0 Å². The molecular weight excluding hydrogens is 516 g/mol. The minimum atomic E-state index is -4.42. The first kappa shape index (κ1) is 26.1. The number of hydrogen-bond donors (Lipinski definition) is 1. The number of carbonyl (C=O) groups excluding carboxylic acids is 1. The van der Waals surface area contributed by atoms with Crippen LogP contribution in [-0.4, -0.2) is 82.3 Å². The number of amides is 1. The van der Waals surface area contributed by atoms with Crippen LogP contribution in [0.5, 0.6) is 11.5 Å². The van der Waals surface area contributed by atoms with E-state index in [9.17, 15) is 18.0 Å². The Kier molecular flexibility index (Phi) is 9.98. The van der Waals surface area contributed by atoms with Crippen LogP contribution in [0.2, 0.25) is 0 Å². The fourth-order valence-corrected chi connectivity index (χ4v) is 3.27. The third-order valence-electron chi connectivity index (χ3n) is 4.78. The maximum atomic E-state index is 12.4. The van der Waals surface area contributed by atoms with Gasteiger partial charge in [0.05, 0.1) is 20.8 Å². The molecule has 0 bridgehead atoms. The smallest absolute Gasteiger partial charge is 0.406 e. The van der Waals surface area contributed by atoms with Crippen LogP contribution in [0.15, 0.2) is 23.2 Å². The molecule has 1 amide bonds. The Morgan fingerprint density at radius 2 is 1.87 bits per heavy atom. The summed E-state index contributed by atoms with van der Waals surface area (Å²) in [4.78, 5) is 18.7. The van der Waals surface area contributed by atoms with Gasteiger partial charge in [-0.1, -0.05) is 0 Å². The second-order valence-corrected chi connectivity index (χ2v) is 6.84. The molecule has 1 aliphatic heterocycles. The van der Waals surface area contributed by atoms with E-state index in [1.165, 1.54) is 0 Å². The first-order valence-electron chi connectivity index (χ1n) is 9.16. The van der Waals surface area contributed by atoms with E-state index in [2.05, 4.69) is 10.3 Å². The molecule has 0 spiro atoms. The fourth-order valence-electron chi connectivity index (χ4n) is 3.27. The lowest BCUT2D eigenvalue weighted by Crippen LogP contribution is -2.46. The minimum absolute atomic E-state index is 0. The molecule has 1 aliphatic rings. The van der Waals surface area contributed by atoms with E-state index >= 15 is 0 Å². The molecule has 1 saturated heterocycles. The maximum Gasteiger partial charge on any atom is 0.406 e. The molecule has 0 aromatic heterocycles. The maximum absolute atomic E-state index is 12.4. The number of alkyl halides is 3. The number of rotatable bonds is 6. The predicted molar refractivity (Wildman–Crippen MR) is 119 cm³/mol. The van der Waals surface area contributed by atoms with Crippen molar-refractivity contribution in [2.45, 2.75) is 18.5 Å². The zero-order chi connectivity index (χ0) is 21.6. The average Bonchev–Trinajstić information content (AvgIpc) is 3.16. The van der Waals surface area contributed by atoms with Crippen molar-refractivity contribution >= 4 is 35.8 Å². The zero-order valence-corrected chi connectivity index (χ0v) is 19.8. The number of likely N-dealkylation sites (N-methyl/N-ethyl adjacent to an activating group) is 1. The van der Waals surface area contributed by atoms with Gasteiger partial charge in [-0.05, 0) is 24.1 Å². The Morgan fingerprint density at radius 1 is 1.27 bits per heavy atom. The van der Waals surface area contributed by atoms with Gasteiger partial charge in [0.15, 0.2) is 5.96 Å². The standard InChI is InChI=1S/C19H27F3N4O3.HI/c1-23-18(24-10-17(27)25(2)12-19(20,21)22)26-6-5-13(11-26)14-7-15(28-3)9-16(8-14)29-4;/h7-9,13H,5-6,10-12H2,1-4H3,(H,23,24);1H. The molecule has 30 heavy (non-hydrogen) atoms. The largest absolute Gasteiger partial charge is 0.497 e. The summed E-state index contributed by atoms with van der Waals surface area (Å²) in [5.41, 5.74) is 1.07. The highest BCUT2D eigenvalue weighted by atomic mass is 127. The van der Waals surface area contributed by atoms with Crippen molar-refractivity contribution < 1.29 is 27.4 Å². The van der Waals surface area contributed by atoms with Gasteiger partial charge >= 0.3 is 6.18 Å². The average molecular weight is 544 g/mol. The van der Waals surface area contributed by atoms with Crippen LogP contribution in [0.25, 0.3) is 0 Å². The molecule has 0 saturated carbocycles. The summed E-state index contributed by atoms with van der Waals surface area (Å²) in [5.74, 6) is 1.45. The van der Waals surface area contributed by atoms with Gasteiger partial charge in [-0.2, -0.15) is 13.2 Å². The van der Waals surface area contributed by atoms with Crippen LogP contribution >= 0.6 is 24.0 Å². The van der Waals surface area contributed by atoms with E-state index in [-0.39, 0.29) is 36.4 Å². The van der Waals surface area contributed by atoms with Crippen molar-refractivity contribution in [3.63, 3.8) is 0 Å². The van der Waals surface area contributed by atoms with Crippen LogP contribution in [0.3, 0.4) is 0 Å². The van der Waals surface area contributed by atoms with Gasteiger partial charge in [0.2, 0.25) is 5.91 Å².